The number of nitrogens with one attached hydrogen (secondary N) is 2. The minimum Gasteiger partial charge on any atom is -0.473 e. The molecule has 0 amide bonds. The molecule has 0 radical (unpaired) electrons. The summed E-state index contributed by atoms with van der Waals surface area (Å²) in [7, 11) is 1.89. The van der Waals surface area contributed by atoms with Crippen molar-refractivity contribution in [2.45, 2.75) is 13.2 Å². The largest absolute Gasteiger partial charge is 0.473 e. The first-order chi connectivity index (χ1) is 15.7. The summed E-state index contributed by atoms with van der Waals surface area (Å²) in [5.41, 5.74) is 4.77. The number of rotatable bonds is 9. The van der Waals surface area contributed by atoms with Gasteiger partial charge in [0.2, 0.25) is 11.8 Å². The molecule has 0 unspecified atom stereocenters. The fourth-order valence-corrected chi connectivity index (χ4v) is 3.50. The molecular formula is C26H24BrN3O2. The molecule has 4 rings (SSSR count). The van der Waals surface area contributed by atoms with Crippen LogP contribution in [0.3, 0.4) is 0 Å². The highest BCUT2D eigenvalue weighted by Crippen LogP contribution is 2.33. The summed E-state index contributed by atoms with van der Waals surface area (Å²) in [5.74, 6) is 0.983. The van der Waals surface area contributed by atoms with E-state index in [1.165, 1.54) is 0 Å². The molecule has 0 bridgehead atoms. The van der Waals surface area contributed by atoms with Gasteiger partial charge in [-0.2, -0.15) is 4.98 Å². The van der Waals surface area contributed by atoms with Crippen LogP contribution in [0.2, 0.25) is 0 Å². The summed E-state index contributed by atoms with van der Waals surface area (Å²) in [6, 6.07) is 29.8. The zero-order valence-electron chi connectivity index (χ0n) is 17.7. The van der Waals surface area contributed by atoms with E-state index in [1.54, 1.807) is 0 Å². The van der Waals surface area contributed by atoms with Crippen LogP contribution in [-0.4, -0.2) is 12.0 Å². The van der Waals surface area contributed by atoms with E-state index in [0.717, 1.165) is 32.7 Å². The molecule has 0 aliphatic heterocycles. The molecule has 0 aliphatic rings. The van der Waals surface area contributed by atoms with E-state index >= 15 is 0 Å². The third kappa shape index (κ3) is 5.80. The van der Waals surface area contributed by atoms with Gasteiger partial charge in [-0.15, -0.1) is 0 Å². The predicted molar refractivity (Wildman–Crippen MR) is 133 cm³/mol. The average molecular weight is 490 g/mol. The number of ether oxygens (including phenoxy) is 2. The molecule has 1 aromatic heterocycles. The first kappa shape index (κ1) is 21.7. The van der Waals surface area contributed by atoms with Crippen molar-refractivity contribution in [3.8, 4) is 11.8 Å². The lowest BCUT2D eigenvalue weighted by Crippen LogP contribution is -2.04. The normalized spacial score (nSPS) is 10.4. The number of aromatic nitrogens is 1. The lowest BCUT2D eigenvalue weighted by molar-refractivity contribution is 0.269. The molecule has 1 heterocycles. The van der Waals surface area contributed by atoms with Crippen LogP contribution in [0.4, 0.5) is 17.1 Å². The monoisotopic (exact) mass is 489 g/mol. The van der Waals surface area contributed by atoms with Gasteiger partial charge in [-0.3, -0.25) is 0 Å². The Balaban J connectivity index is 1.57. The van der Waals surface area contributed by atoms with Crippen molar-refractivity contribution in [2.24, 2.45) is 0 Å². The quantitative estimate of drug-likeness (QED) is 0.271. The number of hydrogen-bond acceptors (Lipinski definition) is 5. The second-order valence-corrected chi connectivity index (χ2v) is 8.03. The number of halogens is 1. The van der Waals surface area contributed by atoms with Gasteiger partial charge in [0.15, 0.2) is 0 Å². The first-order valence-corrected chi connectivity index (χ1v) is 11.1. The topological polar surface area (TPSA) is 55.4 Å². The van der Waals surface area contributed by atoms with Crippen LogP contribution < -0.4 is 20.1 Å². The summed E-state index contributed by atoms with van der Waals surface area (Å²) in [4.78, 5) is 4.64. The average Bonchev–Trinajstić information content (AvgIpc) is 2.84. The number of nitrogens with zero attached hydrogens (tertiary/aromatic N) is 1. The van der Waals surface area contributed by atoms with Crippen LogP contribution in [0, 0.1) is 0 Å². The Hall–Kier alpha value is -3.51. The molecule has 0 saturated carbocycles. The Morgan fingerprint density at radius 3 is 2.00 bits per heavy atom. The fraction of sp³-hybridized carbons (Fsp3) is 0.115. The molecule has 2 N–H and O–H groups in total. The van der Waals surface area contributed by atoms with E-state index in [4.69, 9.17) is 9.47 Å². The van der Waals surface area contributed by atoms with Crippen LogP contribution >= 0.6 is 15.9 Å². The van der Waals surface area contributed by atoms with Crippen LogP contribution in [0.1, 0.15) is 11.1 Å². The molecule has 5 nitrogen and oxygen atoms in total. The summed E-state index contributed by atoms with van der Waals surface area (Å²) in [5, 5.41) is 6.64. The molecule has 3 aromatic carbocycles. The Labute approximate surface area is 196 Å². The number of benzene rings is 3. The van der Waals surface area contributed by atoms with E-state index in [0.29, 0.717) is 25.0 Å². The summed E-state index contributed by atoms with van der Waals surface area (Å²) >= 11 is 3.51. The van der Waals surface area contributed by atoms with Gasteiger partial charge in [0.1, 0.15) is 18.9 Å². The molecular weight excluding hydrogens is 466 g/mol. The molecule has 0 atom stereocenters. The molecule has 162 valence electrons. The number of pyridine rings is 1. The molecule has 0 saturated heterocycles. The van der Waals surface area contributed by atoms with Gasteiger partial charge in [0.05, 0.1) is 11.4 Å². The minimum absolute atomic E-state index is 0.407. The highest BCUT2D eigenvalue weighted by Gasteiger charge is 2.12. The Bertz CT molecular complexity index is 1150. The summed E-state index contributed by atoms with van der Waals surface area (Å²) in [6.45, 7) is 0.846. The van der Waals surface area contributed by atoms with E-state index in [1.807, 2.05) is 98.0 Å². The molecule has 0 aliphatic carbocycles. The maximum atomic E-state index is 6.10. The highest BCUT2D eigenvalue weighted by molar-refractivity contribution is 9.10. The first-order valence-electron chi connectivity index (χ1n) is 10.3. The van der Waals surface area contributed by atoms with Crippen molar-refractivity contribution < 1.29 is 9.47 Å². The van der Waals surface area contributed by atoms with Crippen molar-refractivity contribution in [3.63, 3.8) is 0 Å². The molecule has 32 heavy (non-hydrogen) atoms. The second kappa shape index (κ2) is 10.7. The summed E-state index contributed by atoms with van der Waals surface area (Å²) < 4.78 is 13.0. The Morgan fingerprint density at radius 1 is 0.719 bits per heavy atom. The zero-order valence-corrected chi connectivity index (χ0v) is 19.3. The van der Waals surface area contributed by atoms with Crippen LogP contribution in [0.25, 0.3) is 0 Å². The standard InChI is InChI=1S/C26H24BrN3O2/c1-28-24-16-21(27)12-13-22(24)29-23-14-15-25(31-17-19-8-4-2-5-9-19)30-26(23)32-18-20-10-6-3-7-11-20/h2-16,28-29H,17-18H2,1H3. The van der Waals surface area contributed by atoms with Crippen molar-refractivity contribution in [3.05, 3.63) is 107 Å². The van der Waals surface area contributed by atoms with Crippen LogP contribution in [0.5, 0.6) is 11.8 Å². The van der Waals surface area contributed by atoms with Crippen LogP contribution in [-0.2, 0) is 13.2 Å². The SMILES string of the molecule is CNc1cc(Br)ccc1Nc1ccc(OCc2ccccc2)nc1OCc1ccccc1. The van der Waals surface area contributed by atoms with E-state index < -0.39 is 0 Å². The lowest BCUT2D eigenvalue weighted by atomic mass is 10.2. The second-order valence-electron chi connectivity index (χ2n) is 7.12. The molecule has 0 fully saturated rings. The third-order valence-corrected chi connectivity index (χ3v) is 5.30. The maximum absolute atomic E-state index is 6.10. The van der Waals surface area contributed by atoms with Gasteiger partial charge in [-0.25, -0.2) is 0 Å². The lowest BCUT2D eigenvalue weighted by Gasteiger charge is -2.16. The third-order valence-electron chi connectivity index (χ3n) is 4.80. The van der Waals surface area contributed by atoms with Crippen molar-refractivity contribution in [1.29, 1.82) is 0 Å². The van der Waals surface area contributed by atoms with Gasteiger partial charge in [0, 0.05) is 17.6 Å². The number of anilines is 3. The molecule has 6 heteroatoms. The smallest absolute Gasteiger partial charge is 0.241 e. The Morgan fingerprint density at radius 2 is 1.34 bits per heavy atom. The van der Waals surface area contributed by atoms with E-state index in [2.05, 4.69) is 31.5 Å². The fourth-order valence-electron chi connectivity index (χ4n) is 3.14. The van der Waals surface area contributed by atoms with E-state index in [9.17, 15) is 0 Å². The predicted octanol–water partition coefficient (Wildman–Crippen LogP) is 6.79. The van der Waals surface area contributed by atoms with Gasteiger partial charge in [-0.05, 0) is 35.4 Å². The molecule has 4 aromatic rings. The van der Waals surface area contributed by atoms with Crippen LogP contribution in [0.15, 0.2) is 95.5 Å². The maximum Gasteiger partial charge on any atom is 0.241 e. The van der Waals surface area contributed by atoms with Crippen molar-refractivity contribution in [1.82, 2.24) is 4.98 Å². The molecule has 0 spiro atoms. The van der Waals surface area contributed by atoms with Crippen molar-refractivity contribution >= 4 is 33.0 Å². The minimum atomic E-state index is 0.407. The van der Waals surface area contributed by atoms with Gasteiger partial charge >= 0.3 is 0 Å². The van der Waals surface area contributed by atoms with Gasteiger partial charge in [0.25, 0.3) is 0 Å². The van der Waals surface area contributed by atoms with Gasteiger partial charge in [-0.1, -0.05) is 76.6 Å². The van der Waals surface area contributed by atoms with E-state index in [-0.39, 0.29) is 0 Å². The highest BCUT2D eigenvalue weighted by atomic mass is 79.9. The van der Waals surface area contributed by atoms with Crippen molar-refractivity contribution in [2.75, 3.05) is 17.7 Å². The number of hydrogen-bond donors (Lipinski definition) is 2. The zero-order chi connectivity index (χ0) is 22.2. The summed E-state index contributed by atoms with van der Waals surface area (Å²) in [6.07, 6.45) is 0. The van der Waals surface area contributed by atoms with Gasteiger partial charge < -0.3 is 20.1 Å². The Kier molecular flexibility index (Phi) is 7.25.